The molecule has 4 rings (SSSR count). The fourth-order valence-corrected chi connectivity index (χ4v) is 4.40. The van der Waals surface area contributed by atoms with E-state index in [1.54, 1.807) is 11.8 Å². The van der Waals surface area contributed by atoms with Gasteiger partial charge in [-0.1, -0.05) is 30.6 Å². The Labute approximate surface area is 156 Å². The van der Waals surface area contributed by atoms with Crippen LogP contribution >= 0.6 is 11.3 Å². The van der Waals surface area contributed by atoms with Gasteiger partial charge in [-0.3, -0.25) is 4.79 Å². The second kappa shape index (κ2) is 7.07. The molecule has 26 heavy (non-hydrogen) atoms. The maximum Gasteiger partial charge on any atom is 0.228 e. The number of aryl methyl sites for hydroxylation is 1. The van der Waals surface area contributed by atoms with Crippen molar-refractivity contribution in [1.29, 1.82) is 0 Å². The SMILES string of the molecule is COc1ccc2nc(-n3nc(C)cc3NC(=O)C3CCCCC3)sc2c1. The standard InChI is InChI=1S/C19H22N4O2S/c1-12-10-17(21-18(24)13-6-4-3-5-7-13)23(22-12)19-20-15-9-8-14(25-2)11-16(15)26-19/h8-11,13H,3-7H2,1-2H3,(H,21,24). The van der Waals surface area contributed by atoms with E-state index < -0.39 is 0 Å². The van der Waals surface area contributed by atoms with Crippen LogP contribution in [0.5, 0.6) is 5.75 Å². The van der Waals surface area contributed by atoms with Gasteiger partial charge in [0.25, 0.3) is 0 Å². The fourth-order valence-electron chi connectivity index (χ4n) is 3.44. The molecule has 1 amide bonds. The van der Waals surface area contributed by atoms with E-state index >= 15 is 0 Å². The molecule has 6 nitrogen and oxygen atoms in total. The van der Waals surface area contributed by atoms with E-state index in [-0.39, 0.29) is 11.8 Å². The molecule has 2 aromatic heterocycles. The number of thiazole rings is 1. The van der Waals surface area contributed by atoms with Crippen LogP contribution in [0.4, 0.5) is 5.82 Å². The van der Waals surface area contributed by atoms with Crippen LogP contribution in [-0.2, 0) is 4.79 Å². The van der Waals surface area contributed by atoms with E-state index in [1.165, 1.54) is 17.8 Å². The molecule has 0 unspecified atom stereocenters. The molecule has 1 aliphatic carbocycles. The van der Waals surface area contributed by atoms with Crippen molar-refractivity contribution in [2.75, 3.05) is 12.4 Å². The first-order chi connectivity index (χ1) is 12.6. The van der Waals surface area contributed by atoms with Gasteiger partial charge in [0, 0.05) is 12.0 Å². The van der Waals surface area contributed by atoms with Gasteiger partial charge in [0.1, 0.15) is 11.6 Å². The van der Waals surface area contributed by atoms with Crippen molar-refractivity contribution in [3.63, 3.8) is 0 Å². The summed E-state index contributed by atoms with van der Waals surface area (Å²) in [5.74, 6) is 1.68. The van der Waals surface area contributed by atoms with Crippen LogP contribution in [0.3, 0.4) is 0 Å². The summed E-state index contributed by atoms with van der Waals surface area (Å²) in [5, 5.41) is 8.34. The Balaban J connectivity index is 1.63. The number of carbonyl (C=O) groups is 1. The summed E-state index contributed by atoms with van der Waals surface area (Å²) in [6.45, 7) is 1.92. The number of nitrogens with one attached hydrogen (secondary N) is 1. The molecule has 0 aliphatic heterocycles. The Kier molecular flexibility index (Phi) is 4.63. The van der Waals surface area contributed by atoms with Crippen molar-refractivity contribution in [2.45, 2.75) is 39.0 Å². The zero-order valence-corrected chi connectivity index (χ0v) is 15.8. The van der Waals surface area contributed by atoms with Crippen molar-refractivity contribution in [1.82, 2.24) is 14.8 Å². The average molecular weight is 370 g/mol. The van der Waals surface area contributed by atoms with Gasteiger partial charge in [-0.15, -0.1) is 0 Å². The minimum Gasteiger partial charge on any atom is -0.497 e. The smallest absolute Gasteiger partial charge is 0.228 e. The van der Waals surface area contributed by atoms with E-state index in [9.17, 15) is 4.79 Å². The third kappa shape index (κ3) is 3.31. The number of hydrogen-bond acceptors (Lipinski definition) is 5. The van der Waals surface area contributed by atoms with Gasteiger partial charge in [-0.05, 0) is 38.0 Å². The number of nitrogens with zero attached hydrogens (tertiary/aromatic N) is 3. The second-order valence-electron chi connectivity index (χ2n) is 6.74. The molecular weight excluding hydrogens is 348 g/mol. The quantitative estimate of drug-likeness (QED) is 0.743. The molecule has 2 heterocycles. The van der Waals surface area contributed by atoms with Crippen LogP contribution < -0.4 is 10.1 Å². The van der Waals surface area contributed by atoms with Crippen molar-refractivity contribution in [2.24, 2.45) is 5.92 Å². The highest BCUT2D eigenvalue weighted by atomic mass is 32.1. The third-order valence-electron chi connectivity index (χ3n) is 4.82. The summed E-state index contributed by atoms with van der Waals surface area (Å²) >= 11 is 1.53. The molecular formula is C19H22N4O2S. The van der Waals surface area contributed by atoms with E-state index in [4.69, 9.17) is 4.74 Å². The van der Waals surface area contributed by atoms with Crippen molar-refractivity contribution < 1.29 is 9.53 Å². The first kappa shape index (κ1) is 17.0. The molecule has 136 valence electrons. The van der Waals surface area contributed by atoms with Crippen LogP contribution in [0.15, 0.2) is 24.3 Å². The minimum atomic E-state index is 0.0913. The number of amides is 1. The third-order valence-corrected chi connectivity index (χ3v) is 5.82. The maximum absolute atomic E-state index is 12.6. The topological polar surface area (TPSA) is 69.0 Å². The van der Waals surface area contributed by atoms with E-state index in [0.29, 0.717) is 5.82 Å². The molecule has 1 saturated carbocycles. The lowest BCUT2D eigenvalue weighted by molar-refractivity contribution is -0.120. The average Bonchev–Trinajstić information content (AvgIpc) is 3.24. The van der Waals surface area contributed by atoms with Crippen molar-refractivity contribution >= 4 is 33.3 Å². The fraction of sp³-hybridized carbons (Fsp3) is 0.421. The highest BCUT2D eigenvalue weighted by molar-refractivity contribution is 7.20. The number of anilines is 1. The molecule has 1 fully saturated rings. The molecule has 0 atom stereocenters. The predicted molar refractivity (Wildman–Crippen MR) is 103 cm³/mol. The number of methoxy groups -OCH3 is 1. The summed E-state index contributed by atoms with van der Waals surface area (Å²) in [4.78, 5) is 17.3. The second-order valence-corrected chi connectivity index (χ2v) is 7.75. The number of hydrogen-bond donors (Lipinski definition) is 1. The minimum absolute atomic E-state index is 0.0913. The molecule has 0 saturated heterocycles. The summed E-state index contributed by atoms with van der Waals surface area (Å²) in [7, 11) is 1.65. The van der Waals surface area contributed by atoms with Crippen molar-refractivity contribution in [3.8, 4) is 10.9 Å². The summed E-state index contributed by atoms with van der Waals surface area (Å²) in [6, 6.07) is 7.69. The lowest BCUT2D eigenvalue weighted by atomic mass is 9.89. The largest absolute Gasteiger partial charge is 0.497 e. The first-order valence-electron chi connectivity index (χ1n) is 8.96. The Morgan fingerprint density at radius 3 is 2.85 bits per heavy atom. The zero-order chi connectivity index (χ0) is 18.1. The summed E-state index contributed by atoms with van der Waals surface area (Å²) in [6.07, 6.45) is 5.45. The summed E-state index contributed by atoms with van der Waals surface area (Å²) in [5.41, 5.74) is 1.74. The van der Waals surface area contributed by atoms with E-state index in [1.807, 2.05) is 31.2 Å². The highest BCUT2D eigenvalue weighted by Gasteiger charge is 2.23. The van der Waals surface area contributed by atoms with Crippen LogP contribution in [0.2, 0.25) is 0 Å². The molecule has 0 radical (unpaired) electrons. The number of aromatic nitrogens is 3. The van der Waals surface area contributed by atoms with Crippen LogP contribution in [0, 0.1) is 12.8 Å². The number of fused-ring (bicyclic) bond motifs is 1. The summed E-state index contributed by atoms with van der Waals surface area (Å²) < 4.78 is 8.04. The zero-order valence-electron chi connectivity index (χ0n) is 15.0. The first-order valence-corrected chi connectivity index (χ1v) is 9.78. The van der Waals surface area contributed by atoms with Gasteiger partial charge in [0.15, 0.2) is 0 Å². The number of rotatable bonds is 4. The van der Waals surface area contributed by atoms with Gasteiger partial charge in [0.2, 0.25) is 11.0 Å². The van der Waals surface area contributed by atoms with Crippen LogP contribution in [0.1, 0.15) is 37.8 Å². The predicted octanol–water partition coefficient (Wildman–Crippen LogP) is 4.32. The Morgan fingerprint density at radius 1 is 1.27 bits per heavy atom. The molecule has 0 bridgehead atoms. The molecule has 1 N–H and O–H groups in total. The molecule has 0 spiro atoms. The number of carbonyl (C=O) groups excluding carboxylic acids is 1. The Morgan fingerprint density at radius 2 is 2.08 bits per heavy atom. The number of benzene rings is 1. The Bertz CT molecular complexity index is 940. The van der Waals surface area contributed by atoms with Crippen LogP contribution in [-0.4, -0.2) is 27.8 Å². The van der Waals surface area contributed by atoms with Crippen molar-refractivity contribution in [3.05, 3.63) is 30.0 Å². The van der Waals surface area contributed by atoms with E-state index in [0.717, 1.165) is 52.5 Å². The molecule has 3 aromatic rings. The lowest BCUT2D eigenvalue weighted by Gasteiger charge is -2.20. The van der Waals surface area contributed by atoms with Gasteiger partial charge >= 0.3 is 0 Å². The maximum atomic E-state index is 12.6. The lowest BCUT2D eigenvalue weighted by Crippen LogP contribution is -2.25. The van der Waals surface area contributed by atoms with Gasteiger partial charge in [-0.2, -0.15) is 9.78 Å². The molecule has 7 heteroatoms. The Hall–Kier alpha value is -2.41. The van der Waals surface area contributed by atoms with Crippen LogP contribution in [0.25, 0.3) is 15.3 Å². The van der Waals surface area contributed by atoms with E-state index in [2.05, 4.69) is 15.4 Å². The van der Waals surface area contributed by atoms with Gasteiger partial charge in [-0.25, -0.2) is 4.98 Å². The molecule has 1 aromatic carbocycles. The monoisotopic (exact) mass is 370 g/mol. The van der Waals surface area contributed by atoms with Gasteiger partial charge < -0.3 is 10.1 Å². The number of ether oxygens (including phenoxy) is 1. The normalized spacial score (nSPS) is 15.3. The van der Waals surface area contributed by atoms with Gasteiger partial charge in [0.05, 0.1) is 23.0 Å². The molecule has 1 aliphatic rings. The highest BCUT2D eigenvalue weighted by Crippen LogP contribution is 2.31.